The third-order valence-corrected chi connectivity index (χ3v) is 14.2. The maximum atomic E-state index is 5.41. The first-order valence-electron chi connectivity index (χ1n) is 21.6. The molecule has 0 atom stereocenters. The molecule has 5 heteroatoms. The molecule has 0 amide bonds. The van der Waals surface area contributed by atoms with Gasteiger partial charge in [0.25, 0.3) is 0 Å². The molecule has 9 aromatic carbocycles. The van der Waals surface area contributed by atoms with Crippen molar-refractivity contribution >= 4 is 33.4 Å². The molecule has 1 spiro atoms. The summed E-state index contributed by atoms with van der Waals surface area (Å²) >= 11 is 1.88. The number of rotatable bonds is 5. The number of fused-ring (bicyclic) bond motifs is 13. The lowest BCUT2D eigenvalue weighted by atomic mass is 9.67. The third kappa shape index (κ3) is 5.57. The van der Waals surface area contributed by atoms with Crippen molar-refractivity contribution in [1.82, 2.24) is 19.9 Å². The van der Waals surface area contributed by atoms with E-state index in [0.29, 0.717) is 17.5 Å². The normalized spacial score (nSPS) is 13.1. The maximum Gasteiger partial charge on any atom is 0.164 e. The molecule has 0 unspecified atom stereocenters. The second-order valence-electron chi connectivity index (χ2n) is 16.5. The molecule has 0 saturated heterocycles. The molecule has 13 rings (SSSR count). The fourth-order valence-corrected chi connectivity index (χ4v) is 11.4. The summed E-state index contributed by atoms with van der Waals surface area (Å²) in [7, 11) is 0. The minimum absolute atomic E-state index is 0.446. The minimum Gasteiger partial charge on any atom is -0.247 e. The van der Waals surface area contributed by atoms with Crippen molar-refractivity contribution in [2.75, 3.05) is 0 Å². The highest BCUT2D eigenvalue weighted by Gasteiger charge is 2.50. The zero-order chi connectivity index (χ0) is 42.2. The molecule has 11 aromatic rings. The maximum absolute atomic E-state index is 5.41. The zero-order valence-electron chi connectivity index (χ0n) is 34.5. The summed E-state index contributed by atoms with van der Waals surface area (Å²) in [6, 6.07) is 78.0. The van der Waals surface area contributed by atoms with Gasteiger partial charge in [-0.15, -0.1) is 0 Å². The second-order valence-corrected chi connectivity index (χ2v) is 17.6. The van der Waals surface area contributed by atoms with Crippen molar-refractivity contribution in [1.29, 1.82) is 0 Å². The van der Waals surface area contributed by atoms with Crippen LogP contribution in [0.25, 0.3) is 89.4 Å². The molecule has 1 aliphatic heterocycles. The number of pyridine rings is 1. The van der Waals surface area contributed by atoms with Crippen LogP contribution in [-0.2, 0) is 5.41 Å². The van der Waals surface area contributed by atoms with Crippen molar-refractivity contribution in [2.45, 2.75) is 15.2 Å². The first kappa shape index (κ1) is 36.6. The predicted molar refractivity (Wildman–Crippen MR) is 261 cm³/mol. The monoisotopic (exact) mass is 832 g/mol. The Bertz CT molecular complexity index is 3520. The number of aromatic nitrogens is 4. The van der Waals surface area contributed by atoms with Gasteiger partial charge in [-0.3, -0.25) is 0 Å². The molecule has 0 radical (unpaired) electrons. The molecule has 0 N–H and O–H groups in total. The zero-order valence-corrected chi connectivity index (χ0v) is 35.3. The highest BCUT2D eigenvalue weighted by Crippen LogP contribution is 2.63. The van der Waals surface area contributed by atoms with Gasteiger partial charge in [-0.25, -0.2) is 19.9 Å². The lowest BCUT2D eigenvalue weighted by Gasteiger charge is -2.39. The Morgan fingerprint density at radius 2 is 0.781 bits per heavy atom. The van der Waals surface area contributed by atoms with E-state index in [1.807, 2.05) is 72.4 Å². The largest absolute Gasteiger partial charge is 0.247 e. The van der Waals surface area contributed by atoms with Crippen LogP contribution in [0.4, 0.5) is 0 Å². The van der Waals surface area contributed by atoms with Crippen LogP contribution in [-0.4, -0.2) is 19.9 Å². The van der Waals surface area contributed by atoms with Crippen LogP contribution in [0.3, 0.4) is 0 Å². The Morgan fingerprint density at radius 3 is 1.39 bits per heavy atom. The van der Waals surface area contributed by atoms with Gasteiger partial charge in [-0.05, 0) is 62.7 Å². The summed E-state index contributed by atoms with van der Waals surface area (Å²) in [4.78, 5) is 22.8. The molecule has 3 heterocycles. The molecule has 1 aliphatic carbocycles. The van der Waals surface area contributed by atoms with Crippen molar-refractivity contribution < 1.29 is 0 Å². The van der Waals surface area contributed by atoms with Gasteiger partial charge in [0.1, 0.15) is 0 Å². The summed E-state index contributed by atoms with van der Waals surface area (Å²) in [5, 5.41) is 3.56. The van der Waals surface area contributed by atoms with E-state index in [9.17, 15) is 0 Å². The summed E-state index contributed by atoms with van der Waals surface area (Å²) in [5.41, 5.74) is 15.6. The van der Waals surface area contributed by atoms with Crippen molar-refractivity contribution in [2.24, 2.45) is 0 Å². The van der Waals surface area contributed by atoms with Crippen LogP contribution in [0.15, 0.2) is 228 Å². The first-order valence-corrected chi connectivity index (χ1v) is 22.4. The Hall–Kier alpha value is -7.99. The molecule has 4 nitrogen and oxygen atoms in total. The summed E-state index contributed by atoms with van der Waals surface area (Å²) in [5.74, 6) is 1.94. The van der Waals surface area contributed by atoms with E-state index >= 15 is 0 Å². The lowest BCUT2D eigenvalue weighted by Crippen LogP contribution is -2.31. The van der Waals surface area contributed by atoms with Crippen LogP contribution in [0.5, 0.6) is 0 Å². The van der Waals surface area contributed by atoms with Crippen LogP contribution in [0, 0.1) is 0 Å². The van der Waals surface area contributed by atoms with E-state index in [-0.39, 0.29) is 0 Å². The Labute approximate surface area is 375 Å². The predicted octanol–water partition coefficient (Wildman–Crippen LogP) is 14.7. The quantitative estimate of drug-likeness (QED) is 0.162. The van der Waals surface area contributed by atoms with E-state index in [0.717, 1.165) is 50.0 Å². The SMILES string of the molecule is c1ccc(-c2nc(-c3ccccc3)nc(-c3ccc(-c4ccc(-c5nc6ccccc6c6c7c(ccc56)C5(c6ccccc6Sc6ccccc65)c5ccccc5-7)cc4)cc3)n2)cc1. The van der Waals surface area contributed by atoms with Crippen LogP contribution in [0.1, 0.15) is 22.3 Å². The van der Waals surface area contributed by atoms with Gasteiger partial charge in [0, 0.05) is 48.2 Å². The van der Waals surface area contributed by atoms with Gasteiger partial charge < -0.3 is 0 Å². The highest BCUT2D eigenvalue weighted by atomic mass is 32.2. The van der Waals surface area contributed by atoms with E-state index < -0.39 is 5.41 Å². The minimum atomic E-state index is -0.446. The number of hydrogen-bond acceptors (Lipinski definition) is 5. The molecule has 64 heavy (non-hydrogen) atoms. The van der Waals surface area contributed by atoms with Gasteiger partial charge in [0.15, 0.2) is 17.5 Å². The van der Waals surface area contributed by atoms with Gasteiger partial charge in [-0.1, -0.05) is 212 Å². The van der Waals surface area contributed by atoms with Gasteiger partial charge in [-0.2, -0.15) is 0 Å². The van der Waals surface area contributed by atoms with Crippen LogP contribution < -0.4 is 0 Å². The number of nitrogens with zero attached hydrogens (tertiary/aromatic N) is 4. The van der Waals surface area contributed by atoms with Crippen molar-refractivity contribution in [3.05, 3.63) is 241 Å². The lowest BCUT2D eigenvalue weighted by molar-refractivity contribution is 0.723. The summed E-state index contributed by atoms with van der Waals surface area (Å²) in [6.07, 6.45) is 0. The number of benzene rings is 9. The summed E-state index contributed by atoms with van der Waals surface area (Å²) < 4.78 is 0. The smallest absolute Gasteiger partial charge is 0.164 e. The molecule has 2 aliphatic rings. The Morgan fingerprint density at radius 1 is 0.312 bits per heavy atom. The van der Waals surface area contributed by atoms with Gasteiger partial charge in [0.05, 0.1) is 16.6 Å². The summed E-state index contributed by atoms with van der Waals surface area (Å²) in [6.45, 7) is 0. The van der Waals surface area contributed by atoms with Gasteiger partial charge in [0.2, 0.25) is 0 Å². The van der Waals surface area contributed by atoms with E-state index in [1.165, 1.54) is 53.9 Å². The average molecular weight is 833 g/mol. The molecular formula is C59H36N4S. The van der Waals surface area contributed by atoms with Crippen LogP contribution >= 0.6 is 11.8 Å². The standard InChI is InChI=1S/C59H36N4S/c1-3-15-40(16-4-1)56-61-57(41-17-5-2-6-18-41)63-58(62-56)42-33-29-38(30-34-42)37-27-31-39(32-28-37)55-45-35-36-49-54(53(45)44-20-8-12-24-50(44)60-55)43-19-7-9-21-46(43)59(49)47-22-10-13-25-51(47)64-52-26-14-11-23-48(52)59/h1-36H. The van der Waals surface area contributed by atoms with Gasteiger partial charge >= 0.3 is 0 Å². The Balaban J connectivity index is 0.925. The highest BCUT2D eigenvalue weighted by molar-refractivity contribution is 7.99. The second kappa shape index (κ2) is 14.6. The molecule has 0 fully saturated rings. The van der Waals surface area contributed by atoms with E-state index in [2.05, 4.69) is 158 Å². The van der Waals surface area contributed by atoms with E-state index in [1.54, 1.807) is 0 Å². The first-order chi connectivity index (χ1) is 31.7. The fourth-order valence-electron chi connectivity index (χ4n) is 10.2. The molecule has 298 valence electrons. The number of para-hydroxylation sites is 1. The van der Waals surface area contributed by atoms with E-state index in [4.69, 9.17) is 19.9 Å². The van der Waals surface area contributed by atoms with Crippen molar-refractivity contribution in [3.8, 4) is 67.7 Å². The fraction of sp³-hybridized carbons (Fsp3) is 0.0169. The topological polar surface area (TPSA) is 51.6 Å². The Kier molecular flexibility index (Phi) is 8.33. The molecule has 2 aromatic heterocycles. The molecule has 0 saturated carbocycles. The molecular weight excluding hydrogens is 797 g/mol. The third-order valence-electron chi connectivity index (χ3n) is 13.0. The van der Waals surface area contributed by atoms with Crippen molar-refractivity contribution in [3.63, 3.8) is 0 Å². The van der Waals surface area contributed by atoms with Crippen LogP contribution in [0.2, 0.25) is 0 Å². The number of hydrogen-bond donors (Lipinski definition) is 0. The molecule has 0 bridgehead atoms. The average Bonchev–Trinajstić information content (AvgIpc) is 3.67.